The van der Waals surface area contributed by atoms with Gasteiger partial charge in [0.1, 0.15) is 11.6 Å². The second-order valence-electron chi connectivity index (χ2n) is 7.10. The number of hydrogen-bond donors (Lipinski definition) is 0. The summed E-state index contributed by atoms with van der Waals surface area (Å²) >= 11 is 1.73. The summed E-state index contributed by atoms with van der Waals surface area (Å²) in [6.45, 7) is 5.68. The molecule has 1 aliphatic carbocycles. The van der Waals surface area contributed by atoms with E-state index in [0.29, 0.717) is 12.5 Å². The third kappa shape index (κ3) is 4.35. The highest BCUT2D eigenvalue weighted by Crippen LogP contribution is 2.40. The lowest BCUT2D eigenvalue weighted by Crippen LogP contribution is -2.08. The molecule has 2 aromatic carbocycles. The molecule has 0 saturated heterocycles. The summed E-state index contributed by atoms with van der Waals surface area (Å²) < 4.78 is 8.32. The molecule has 0 amide bonds. The maximum absolute atomic E-state index is 6.04. The lowest BCUT2D eigenvalue weighted by atomic mass is 10.1. The first-order valence-electron chi connectivity index (χ1n) is 9.51. The molecule has 4 nitrogen and oxygen atoms in total. The van der Waals surface area contributed by atoms with Crippen LogP contribution in [0, 0.1) is 13.8 Å². The van der Waals surface area contributed by atoms with E-state index in [2.05, 4.69) is 77.1 Å². The third-order valence-electron chi connectivity index (χ3n) is 4.84. The Morgan fingerprint density at radius 2 is 1.74 bits per heavy atom. The van der Waals surface area contributed by atoms with Crippen molar-refractivity contribution in [3.8, 4) is 5.75 Å². The minimum Gasteiger partial charge on any atom is -0.492 e. The van der Waals surface area contributed by atoms with E-state index in [9.17, 15) is 0 Å². The van der Waals surface area contributed by atoms with Gasteiger partial charge in [-0.1, -0.05) is 60.3 Å². The standard InChI is InChI=1S/C22H25N3OS/c1-16-7-6-8-17(2)20(16)26-13-14-27-22-24-23-21(19-11-12-19)25(22)15-18-9-4-3-5-10-18/h3-10,19H,11-15H2,1-2H3. The molecular formula is C22H25N3OS. The van der Waals surface area contributed by atoms with Crippen LogP contribution in [0.3, 0.4) is 0 Å². The van der Waals surface area contributed by atoms with Crippen LogP contribution in [0.15, 0.2) is 53.7 Å². The van der Waals surface area contributed by atoms with Crippen molar-refractivity contribution >= 4 is 11.8 Å². The molecule has 0 unspecified atom stereocenters. The zero-order chi connectivity index (χ0) is 18.6. The Balaban J connectivity index is 1.41. The van der Waals surface area contributed by atoms with Gasteiger partial charge in [-0.2, -0.15) is 0 Å². The van der Waals surface area contributed by atoms with Gasteiger partial charge in [0.05, 0.1) is 13.2 Å². The Bertz CT molecular complexity index is 883. The van der Waals surface area contributed by atoms with Crippen molar-refractivity contribution in [3.05, 3.63) is 71.0 Å². The zero-order valence-electron chi connectivity index (χ0n) is 15.9. The van der Waals surface area contributed by atoms with Gasteiger partial charge in [-0.15, -0.1) is 10.2 Å². The summed E-state index contributed by atoms with van der Waals surface area (Å²) in [7, 11) is 0. The van der Waals surface area contributed by atoms with Gasteiger partial charge >= 0.3 is 0 Å². The van der Waals surface area contributed by atoms with Crippen molar-refractivity contribution in [2.75, 3.05) is 12.4 Å². The lowest BCUT2D eigenvalue weighted by molar-refractivity contribution is 0.339. The summed E-state index contributed by atoms with van der Waals surface area (Å²) in [4.78, 5) is 0. The second kappa shape index (κ2) is 8.17. The second-order valence-corrected chi connectivity index (χ2v) is 8.17. The van der Waals surface area contributed by atoms with E-state index < -0.39 is 0 Å². The first-order valence-corrected chi connectivity index (χ1v) is 10.5. The van der Waals surface area contributed by atoms with Crippen LogP contribution >= 0.6 is 11.8 Å². The Hall–Kier alpha value is -2.27. The van der Waals surface area contributed by atoms with Crippen LogP contribution in [0.1, 0.15) is 41.3 Å². The molecule has 0 bridgehead atoms. The fourth-order valence-electron chi connectivity index (χ4n) is 3.27. The maximum atomic E-state index is 6.04. The molecular weight excluding hydrogens is 354 g/mol. The van der Waals surface area contributed by atoms with Crippen LogP contribution in [0.2, 0.25) is 0 Å². The van der Waals surface area contributed by atoms with E-state index in [1.807, 2.05) is 0 Å². The van der Waals surface area contributed by atoms with Gasteiger partial charge in [0.2, 0.25) is 0 Å². The van der Waals surface area contributed by atoms with Crippen LogP contribution in [-0.4, -0.2) is 27.1 Å². The highest BCUT2D eigenvalue weighted by atomic mass is 32.2. The van der Waals surface area contributed by atoms with Crippen molar-refractivity contribution in [2.24, 2.45) is 0 Å². The number of rotatable bonds is 8. The molecule has 5 heteroatoms. The van der Waals surface area contributed by atoms with Gasteiger partial charge in [0, 0.05) is 11.7 Å². The average molecular weight is 380 g/mol. The summed E-state index contributed by atoms with van der Waals surface area (Å²) in [6.07, 6.45) is 2.46. The maximum Gasteiger partial charge on any atom is 0.191 e. The predicted octanol–water partition coefficient (Wildman–Crippen LogP) is 4.99. The van der Waals surface area contributed by atoms with E-state index in [1.54, 1.807) is 11.8 Å². The summed E-state index contributed by atoms with van der Waals surface area (Å²) in [6, 6.07) is 16.8. The average Bonchev–Trinajstić information content (AvgIpc) is 3.44. The largest absolute Gasteiger partial charge is 0.492 e. The Morgan fingerprint density at radius 1 is 1.00 bits per heavy atom. The van der Waals surface area contributed by atoms with Gasteiger partial charge < -0.3 is 9.30 Å². The Morgan fingerprint density at radius 3 is 2.44 bits per heavy atom. The fraction of sp³-hybridized carbons (Fsp3) is 0.364. The monoisotopic (exact) mass is 379 g/mol. The molecule has 0 radical (unpaired) electrons. The third-order valence-corrected chi connectivity index (χ3v) is 5.77. The Kier molecular flexibility index (Phi) is 5.48. The SMILES string of the molecule is Cc1cccc(C)c1OCCSc1nnc(C2CC2)n1Cc1ccccc1. The van der Waals surface area contributed by atoms with Gasteiger partial charge in [-0.3, -0.25) is 0 Å². The molecule has 1 heterocycles. The lowest BCUT2D eigenvalue weighted by Gasteiger charge is -2.12. The van der Waals surface area contributed by atoms with E-state index in [-0.39, 0.29) is 0 Å². The molecule has 0 atom stereocenters. The molecule has 0 spiro atoms. The summed E-state index contributed by atoms with van der Waals surface area (Å²) in [5.41, 5.74) is 3.65. The zero-order valence-corrected chi connectivity index (χ0v) is 16.7. The first-order chi connectivity index (χ1) is 13.2. The number of nitrogens with zero attached hydrogens (tertiary/aromatic N) is 3. The quantitative estimate of drug-likeness (QED) is 0.408. The molecule has 1 aliphatic rings. The van der Waals surface area contributed by atoms with Crippen LogP contribution < -0.4 is 4.74 Å². The molecule has 1 aromatic heterocycles. The fourth-order valence-corrected chi connectivity index (χ4v) is 4.03. The highest BCUT2D eigenvalue weighted by molar-refractivity contribution is 7.99. The topological polar surface area (TPSA) is 39.9 Å². The van der Waals surface area contributed by atoms with Crippen molar-refractivity contribution in [3.63, 3.8) is 0 Å². The molecule has 140 valence electrons. The number of thioether (sulfide) groups is 1. The van der Waals surface area contributed by atoms with Crippen LogP contribution in [0.4, 0.5) is 0 Å². The van der Waals surface area contributed by atoms with Crippen LogP contribution in [-0.2, 0) is 6.54 Å². The van der Waals surface area contributed by atoms with Gasteiger partial charge in [-0.05, 0) is 43.4 Å². The van der Waals surface area contributed by atoms with E-state index in [0.717, 1.165) is 29.0 Å². The van der Waals surface area contributed by atoms with E-state index in [1.165, 1.54) is 29.5 Å². The van der Waals surface area contributed by atoms with Crippen molar-refractivity contribution in [2.45, 2.75) is 44.3 Å². The molecule has 27 heavy (non-hydrogen) atoms. The van der Waals surface area contributed by atoms with Crippen molar-refractivity contribution in [1.82, 2.24) is 14.8 Å². The molecule has 1 saturated carbocycles. The molecule has 0 N–H and O–H groups in total. The molecule has 0 aliphatic heterocycles. The van der Waals surface area contributed by atoms with Gasteiger partial charge in [0.15, 0.2) is 5.16 Å². The predicted molar refractivity (Wildman–Crippen MR) is 110 cm³/mol. The number of aryl methyl sites for hydroxylation is 2. The van der Waals surface area contributed by atoms with E-state index >= 15 is 0 Å². The summed E-state index contributed by atoms with van der Waals surface area (Å²) in [5, 5.41) is 9.96. The van der Waals surface area contributed by atoms with Crippen molar-refractivity contribution in [1.29, 1.82) is 0 Å². The van der Waals surface area contributed by atoms with Crippen molar-refractivity contribution < 1.29 is 4.74 Å². The smallest absolute Gasteiger partial charge is 0.191 e. The van der Waals surface area contributed by atoms with Gasteiger partial charge in [0.25, 0.3) is 0 Å². The van der Waals surface area contributed by atoms with E-state index in [4.69, 9.17) is 4.74 Å². The number of ether oxygens (including phenoxy) is 1. The summed E-state index contributed by atoms with van der Waals surface area (Å²) in [5.74, 6) is 3.58. The minimum atomic E-state index is 0.585. The molecule has 3 aromatic rings. The minimum absolute atomic E-state index is 0.585. The number of hydrogen-bond acceptors (Lipinski definition) is 4. The number of benzene rings is 2. The molecule has 4 rings (SSSR count). The van der Waals surface area contributed by atoms with Gasteiger partial charge in [-0.25, -0.2) is 0 Å². The molecule has 1 fully saturated rings. The first kappa shape index (κ1) is 18.1. The van der Waals surface area contributed by atoms with Crippen LogP contribution in [0.25, 0.3) is 0 Å². The normalized spacial score (nSPS) is 13.7. The Labute approximate surface area is 165 Å². The number of aromatic nitrogens is 3. The highest BCUT2D eigenvalue weighted by Gasteiger charge is 2.30. The van der Waals surface area contributed by atoms with Crippen LogP contribution in [0.5, 0.6) is 5.75 Å². The number of para-hydroxylation sites is 1.